The van der Waals surface area contributed by atoms with Gasteiger partial charge in [-0.15, -0.1) is 0 Å². The van der Waals surface area contributed by atoms with Gasteiger partial charge in [0.25, 0.3) is 0 Å². The van der Waals surface area contributed by atoms with Gasteiger partial charge in [-0.2, -0.15) is 13.2 Å². The van der Waals surface area contributed by atoms with E-state index in [0.29, 0.717) is 13.0 Å². The van der Waals surface area contributed by atoms with Gasteiger partial charge in [-0.05, 0) is 49.4 Å². The van der Waals surface area contributed by atoms with Crippen LogP contribution in [0.25, 0.3) is 0 Å². The maximum atomic E-state index is 12.8. The van der Waals surface area contributed by atoms with Crippen LogP contribution in [0.1, 0.15) is 35.1 Å². The number of unbranched alkanes of at least 4 members (excludes halogenated alkanes) is 1. The van der Waals surface area contributed by atoms with Crippen LogP contribution in [0.3, 0.4) is 0 Å². The van der Waals surface area contributed by atoms with E-state index in [-0.39, 0.29) is 11.1 Å². The average molecular weight is 261 g/mol. The van der Waals surface area contributed by atoms with Crippen LogP contribution in [0.4, 0.5) is 13.2 Å². The Hall–Kier alpha value is -1.07. The molecule has 0 aromatic heterocycles. The molecule has 0 atom stereocenters. The normalized spacial score (nSPS) is 11.9. The maximum Gasteiger partial charge on any atom is 0.417 e. The van der Waals surface area contributed by atoms with Crippen LogP contribution in [-0.2, 0) is 19.2 Å². The van der Waals surface area contributed by atoms with E-state index in [1.807, 2.05) is 0 Å². The first-order valence-corrected chi connectivity index (χ1v) is 5.90. The summed E-state index contributed by atoms with van der Waals surface area (Å²) in [6.07, 6.45) is -2.05. The van der Waals surface area contributed by atoms with Gasteiger partial charge < -0.3 is 10.8 Å². The van der Waals surface area contributed by atoms with Crippen LogP contribution in [0.2, 0.25) is 0 Å². The number of aryl methyl sites for hydroxylation is 2. The minimum atomic E-state index is -4.42. The van der Waals surface area contributed by atoms with Gasteiger partial charge in [0.15, 0.2) is 0 Å². The number of benzene rings is 1. The highest BCUT2D eigenvalue weighted by Crippen LogP contribution is 2.35. The predicted octanol–water partition coefficient (Wildman–Crippen LogP) is 2.79. The van der Waals surface area contributed by atoms with E-state index >= 15 is 0 Å². The molecule has 18 heavy (non-hydrogen) atoms. The molecule has 1 aromatic rings. The van der Waals surface area contributed by atoms with E-state index in [9.17, 15) is 13.2 Å². The minimum absolute atomic E-state index is 0.0507. The van der Waals surface area contributed by atoms with Crippen molar-refractivity contribution < 1.29 is 18.3 Å². The van der Waals surface area contributed by atoms with E-state index in [1.165, 1.54) is 13.0 Å². The quantitative estimate of drug-likeness (QED) is 0.801. The molecule has 2 nitrogen and oxygen atoms in total. The van der Waals surface area contributed by atoms with E-state index in [1.54, 1.807) is 6.07 Å². The second kappa shape index (κ2) is 6.20. The smallest absolute Gasteiger partial charge is 0.392 e. The monoisotopic (exact) mass is 261 g/mol. The first-order chi connectivity index (χ1) is 8.40. The molecule has 0 saturated carbocycles. The predicted molar refractivity (Wildman–Crippen MR) is 64.1 cm³/mol. The van der Waals surface area contributed by atoms with E-state index in [4.69, 9.17) is 10.8 Å². The maximum absolute atomic E-state index is 12.8. The molecule has 0 saturated heterocycles. The highest BCUT2D eigenvalue weighted by molar-refractivity contribution is 5.40. The van der Waals surface area contributed by atoms with Crippen molar-refractivity contribution >= 4 is 0 Å². The molecular formula is C13H18F3NO. The molecule has 0 aliphatic rings. The number of nitrogens with two attached hydrogens (primary N) is 1. The average Bonchev–Trinajstić information content (AvgIpc) is 2.26. The lowest BCUT2D eigenvalue weighted by molar-refractivity contribution is -0.139. The Labute approximate surface area is 105 Å². The fraction of sp³-hybridized carbons (Fsp3) is 0.538. The Morgan fingerprint density at radius 2 is 1.89 bits per heavy atom. The number of halogens is 3. The molecule has 0 aliphatic heterocycles. The van der Waals surface area contributed by atoms with Gasteiger partial charge in [0.05, 0.1) is 12.2 Å². The second-order valence-corrected chi connectivity index (χ2v) is 4.35. The van der Waals surface area contributed by atoms with Crippen LogP contribution in [0.5, 0.6) is 0 Å². The summed E-state index contributed by atoms with van der Waals surface area (Å²) in [5.41, 5.74) is 5.59. The summed E-state index contributed by atoms with van der Waals surface area (Å²) in [5, 5.41) is 9.08. The summed E-state index contributed by atoms with van der Waals surface area (Å²) in [7, 11) is 0. The molecule has 0 amide bonds. The molecule has 1 rings (SSSR count). The Morgan fingerprint density at radius 3 is 2.39 bits per heavy atom. The van der Waals surface area contributed by atoms with Gasteiger partial charge >= 0.3 is 6.18 Å². The van der Waals surface area contributed by atoms with Gasteiger partial charge in [-0.3, -0.25) is 0 Å². The zero-order chi connectivity index (χ0) is 13.8. The van der Waals surface area contributed by atoms with Crippen LogP contribution in [-0.4, -0.2) is 11.7 Å². The van der Waals surface area contributed by atoms with Crippen molar-refractivity contribution in [3.8, 4) is 0 Å². The highest BCUT2D eigenvalue weighted by atomic mass is 19.4. The molecule has 102 valence electrons. The molecule has 0 fully saturated rings. The largest absolute Gasteiger partial charge is 0.417 e. The molecule has 1 aromatic carbocycles. The van der Waals surface area contributed by atoms with Crippen LogP contribution in [0, 0.1) is 6.92 Å². The molecule has 0 unspecified atom stereocenters. The third kappa shape index (κ3) is 3.71. The Morgan fingerprint density at radius 1 is 1.22 bits per heavy atom. The van der Waals surface area contributed by atoms with Crippen molar-refractivity contribution in [3.63, 3.8) is 0 Å². The first-order valence-electron chi connectivity index (χ1n) is 5.90. The van der Waals surface area contributed by atoms with Crippen LogP contribution in [0.15, 0.2) is 12.1 Å². The zero-order valence-electron chi connectivity index (χ0n) is 10.3. The van der Waals surface area contributed by atoms with Crippen molar-refractivity contribution in [2.24, 2.45) is 5.73 Å². The topological polar surface area (TPSA) is 46.2 Å². The fourth-order valence-corrected chi connectivity index (χ4v) is 2.09. The number of aliphatic hydroxyl groups is 1. The molecule has 0 bridgehead atoms. The molecular weight excluding hydrogens is 243 g/mol. The molecule has 0 radical (unpaired) electrons. The van der Waals surface area contributed by atoms with Gasteiger partial charge in [0.1, 0.15) is 0 Å². The molecule has 0 heterocycles. The highest BCUT2D eigenvalue weighted by Gasteiger charge is 2.35. The number of hydrogen-bond acceptors (Lipinski definition) is 2. The van der Waals surface area contributed by atoms with Crippen LogP contribution >= 0.6 is 0 Å². The lowest BCUT2D eigenvalue weighted by atomic mass is 9.96. The van der Waals surface area contributed by atoms with Crippen molar-refractivity contribution in [1.29, 1.82) is 0 Å². The molecule has 3 N–H and O–H groups in total. The van der Waals surface area contributed by atoms with Crippen molar-refractivity contribution in [2.75, 3.05) is 6.54 Å². The summed E-state index contributed by atoms with van der Waals surface area (Å²) >= 11 is 0. The summed E-state index contributed by atoms with van der Waals surface area (Å²) in [5.74, 6) is 0. The van der Waals surface area contributed by atoms with Crippen LogP contribution < -0.4 is 5.73 Å². The van der Waals surface area contributed by atoms with Crippen molar-refractivity contribution in [3.05, 3.63) is 34.4 Å². The molecule has 0 spiro atoms. The van der Waals surface area contributed by atoms with E-state index in [2.05, 4.69) is 0 Å². The number of alkyl halides is 3. The lowest BCUT2D eigenvalue weighted by Gasteiger charge is -2.16. The van der Waals surface area contributed by atoms with Crippen molar-refractivity contribution in [2.45, 2.75) is 39.0 Å². The van der Waals surface area contributed by atoms with E-state index in [0.717, 1.165) is 18.4 Å². The number of hydrogen-bond donors (Lipinski definition) is 2. The standard InChI is InChI=1S/C13H18F3NO/c1-9-6-10(4-2-3-5-17)7-11(8-18)12(9)13(14,15)16/h6-7,18H,2-5,8,17H2,1H3. The third-order valence-electron chi connectivity index (χ3n) is 2.85. The Balaban J connectivity index is 3.03. The van der Waals surface area contributed by atoms with E-state index < -0.39 is 18.3 Å². The fourth-order valence-electron chi connectivity index (χ4n) is 2.09. The Bertz CT molecular complexity index is 402. The zero-order valence-corrected chi connectivity index (χ0v) is 10.3. The first kappa shape index (κ1) is 15.0. The summed E-state index contributed by atoms with van der Waals surface area (Å²) < 4.78 is 38.4. The third-order valence-corrected chi connectivity index (χ3v) is 2.85. The molecule has 0 aliphatic carbocycles. The summed E-state index contributed by atoms with van der Waals surface area (Å²) in [4.78, 5) is 0. The van der Waals surface area contributed by atoms with Gasteiger partial charge in [-0.25, -0.2) is 0 Å². The lowest BCUT2D eigenvalue weighted by Crippen LogP contribution is -2.12. The number of rotatable bonds is 5. The summed E-state index contributed by atoms with van der Waals surface area (Å²) in [6, 6.07) is 2.98. The summed E-state index contributed by atoms with van der Waals surface area (Å²) in [6.45, 7) is 1.40. The van der Waals surface area contributed by atoms with Crippen molar-refractivity contribution in [1.82, 2.24) is 0 Å². The SMILES string of the molecule is Cc1cc(CCCCN)cc(CO)c1C(F)(F)F. The van der Waals surface area contributed by atoms with Gasteiger partial charge in [-0.1, -0.05) is 12.1 Å². The minimum Gasteiger partial charge on any atom is -0.392 e. The van der Waals surface area contributed by atoms with Gasteiger partial charge in [0, 0.05) is 0 Å². The Kier molecular flexibility index (Phi) is 5.16. The molecule has 5 heteroatoms. The number of aliphatic hydroxyl groups excluding tert-OH is 1. The second-order valence-electron chi connectivity index (χ2n) is 4.35. The van der Waals surface area contributed by atoms with Gasteiger partial charge in [0.2, 0.25) is 0 Å².